The van der Waals surface area contributed by atoms with E-state index in [-0.39, 0.29) is 12.0 Å². The Morgan fingerprint density at radius 2 is 1.81 bits per heavy atom. The van der Waals surface area contributed by atoms with Crippen LogP contribution in [0.25, 0.3) is 0 Å². The van der Waals surface area contributed by atoms with Gasteiger partial charge in [-0.2, -0.15) is 0 Å². The number of aliphatic hydroxyl groups is 1. The van der Waals surface area contributed by atoms with E-state index >= 15 is 0 Å². The SMILES string of the molecule is O=C(c1ccc(Cl)cc1)N1CCN(C[C@H](O)C2CC2)CC1. The molecule has 1 saturated heterocycles. The molecule has 1 aliphatic heterocycles. The summed E-state index contributed by atoms with van der Waals surface area (Å²) >= 11 is 5.85. The minimum absolute atomic E-state index is 0.0639. The summed E-state index contributed by atoms with van der Waals surface area (Å²) in [5, 5.41) is 10.6. The highest BCUT2D eigenvalue weighted by Gasteiger charge is 2.32. The lowest BCUT2D eigenvalue weighted by atomic mass is 10.1. The van der Waals surface area contributed by atoms with Gasteiger partial charge in [-0.25, -0.2) is 0 Å². The Kier molecular flexibility index (Phi) is 4.48. The van der Waals surface area contributed by atoms with Crippen LogP contribution in [0.4, 0.5) is 0 Å². The number of piperazine rings is 1. The van der Waals surface area contributed by atoms with Gasteiger partial charge in [-0.3, -0.25) is 9.69 Å². The first-order valence-corrected chi connectivity index (χ1v) is 7.96. The maximum absolute atomic E-state index is 12.4. The molecule has 1 aliphatic carbocycles. The van der Waals surface area contributed by atoms with Crippen molar-refractivity contribution in [2.45, 2.75) is 18.9 Å². The average molecular weight is 309 g/mol. The van der Waals surface area contributed by atoms with Gasteiger partial charge in [0.15, 0.2) is 0 Å². The molecule has 0 spiro atoms. The van der Waals surface area contributed by atoms with E-state index in [9.17, 15) is 9.90 Å². The van der Waals surface area contributed by atoms with E-state index in [4.69, 9.17) is 11.6 Å². The number of amides is 1. The summed E-state index contributed by atoms with van der Waals surface area (Å²) in [5.74, 6) is 0.577. The van der Waals surface area contributed by atoms with E-state index in [1.165, 1.54) is 0 Å². The van der Waals surface area contributed by atoms with Crippen molar-refractivity contribution in [2.24, 2.45) is 5.92 Å². The van der Waals surface area contributed by atoms with Gasteiger partial charge in [0.05, 0.1) is 6.10 Å². The molecule has 0 radical (unpaired) electrons. The molecule has 21 heavy (non-hydrogen) atoms. The molecule has 1 saturated carbocycles. The molecule has 3 rings (SSSR count). The fraction of sp³-hybridized carbons (Fsp3) is 0.562. The van der Waals surface area contributed by atoms with Gasteiger partial charge >= 0.3 is 0 Å². The van der Waals surface area contributed by atoms with Crippen molar-refractivity contribution in [1.82, 2.24) is 9.80 Å². The number of aliphatic hydroxyl groups excluding tert-OH is 1. The molecule has 114 valence electrons. The highest BCUT2D eigenvalue weighted by Crippen LogP contribution is 2.32. The molecule has 1 atom stereocenters. The minimum atomic E-state index is -0.191. The molecule has 0 unspecified atom stereocenters. The summed E-state index contributed by atoms with van der Waals surface area (Å²) in [6.45, 7) is 3.86. The monoisotopic (exact) mass is 308 g/mol. The van der Waals surface area contributed by atoms with Gasteiger partial charge in [0.2, 0.25) is 0 Å². The van der Waals surface area contributed by atoms with E-state index in [1.807, 2.05) is 4.90 Å². The second-order valence-corrected chi connectivity index (χ2v) is 6.44. The Balaban J connectivity index is 1.50. The summed E-state index contributed by atoms with van der Waals surface area (Å²) in [6, 6.07) is 7.04. The van der Waals surface area contributed by atoms with Crippen molar-refractivity contribution >= 4 is 17.5 Å². The van der Waals surface area contributed by atoms with Crippen molar-refractivity contribution in [1.29, 1.82) is 0 Å². The van der Waals surface area contributed by atoms with Crippen LogP contribution < -0.4 is 0 Å². The fourth-order valence-corrected chi connectivity index (χ4v) is 2.93. The summed E-state index contributed by atoms with van der Waals surface area (Å²) in [7, 11) is 0. The van der Waals surface area contributed by atoms with Crippen molar-refractivity contribution in [3.63, 3.8) is 0 Å². The van der Waals surface area contributed by atoms with Crippen LogP contribution >= 0.6 is 11.6 Å². The van der Waals surface area contributed by atoms with Crippen molar-refractivity contribution in [3.8, 4) is 0 Å². The lowest BCUT2D eigenvalue weighted by Crippen LogP contribution is -2.50. The first-order chi connectivity index (χ1) is 10.1. The predicted molar refractivity (Wildman–Crippen MR) is 82.5 cm³/mol. The highest BCUT2D eigenvalue weighted by atomic mass is 35.5. The van der Waals surface area contributed by atoms with E-state index in [1.54, 1.807) is 24.3 Å². The number of β-amino-alcohol motifs (C(OH)–C–C–N with tert-alkyl or cyclic N) is 1. The van der Waals surface area contributed by atoms with Crippen molar-refractivity contribution in [2.75, 3.05) is 32.7 Å². The van der Waals surface area contributed by atoms with Gasteiger partial charge < -0.3 is 10.0 Å². The maximum Gasteiger partial charge on any atom is 0.253 e. The molecule has 2 aliphatic rings. The maximum atomic E-state index is 12.4. The van der Waals surface area contributed by atoms with Crippen LogP contribution in [0.5, 0.6) is 0 Å². The molecule has 4 nitrogen and oxygen atoms in total. The van der Waals surface area contributed by atoms with Gasteiger partial charge in [0.1, 0.15) is 0 Å². The predicted octanol–water partition coefficient (Wildman–Crippen LogP) is 1.87. The van der Waals surface area contributed by atoms with Gasteiger partial charge in [-0.05, 0) is 43.0 Å². The number of hydrogen-bond acceptors (Lipinski definition) is 3. The highest BCUT2D eigenvalue weighted by molar-refractivity contribution is 6.30. The average Bonchev–Trinajstić information content (AvgIpc) is 3.33. The second kappa shape index (κ2) is 6.34. The van der Waals surface area contributed by atoms with Crippen LogP contribution in [-0.4, -0.2) is 59.6 Å². The third-order valence-corrected chi connectivity index (χ3v) is 4.61. The molecule has 1 amide bonds. The van der Waals surface area contributed by atoms with Crippen LogP contribution in [-0.2, 0) is 0 Å². The zero-order valence-corrected chi connectivity index (χ0v) is 12.8. The van der Waals surface area contributed by atoms with E-state index in [0.717, 1.165) is 45.6 Å². The smallest absolute Gasteiger partial charge is 0.253 e. The largest absolute Gasteiger partial charge is 0.392 e. The molecule has 1 heterocycles. The Morgan fingerprint density at radius 1 is 1.19 bits per heavy atom. The summed E-state index contributed by atoms with van der Waals surface area (Å²) < 4.78 is 0. The lowest BCUT2D eigenvalue weighted by Gasteiger charge is -2.35. The molecule has 1 aromatic carbocycles. The first kappa shape index (κ1) is 14.8. The van der Waals surface area contributed by atoms with Gasteiger partial charge in [-0.1, -0.05) is 11.6 Å². The normalized spacial score (nSPS) is 21.3. The van der Waals surface area contributed by atoms with Gasteiger partial charge in [0, 0.05) is 43.3 Å². The van der Waals surface area contributed by atoms with Crippen LogP contribution in [0, 0.1) is 5.92 Å². The molecule has 0 bridgehead atoms. The minimum Gasteiger partial charge on any atom is -0.392 e. The Morgan fingerprint density at radius 3 is 2.38 bits per heavy atom. The Hall–Kier alpha value is -1.10. The summed E-state index contributed by atoms with van der Waals surface area (Å²) in [6.07, 6.45) is 2.13. The zero-order chi connectivity index (χ0) is 14.8. The topological polar surface area (TPSA) is 43.8 Å². The van der Waals surface area contributed by atoms with Crippen LogP contribution in [0.15, 0.2) is 24.3 Å². The van der Waals surface area contributed by atoms with E-state index < -0.39 is 0 Å². The third-order valence-electron chi connectivity index (χ3n) is 4.36. The molecule has 2 fully saturated rings. The molecule has 5 heteroatoms. The Labute approximate surface area is 130 Å². The zero-order valence-electron chi connectivity index (χ0n) is 12.0. The van der Waals surface area contributed by atoms with Crippen LogP contribution in [0.2, 0.25) is 5.02 Å². The number of rotatable bonds is 4. The van der Waals surface area contributed by atoms with Gasteiger partial charge in [-0.15, -0.1) is 0 Å². The van der Waals surface area contributed by atoms with Crippen molar-refractivity contribution in [3.05, 3.63) is 34.9 Å². The van der Waals surface area contributed by atoms with Crippen LogP contribution in [0.3, 0.4) is 0 Å². The third kappa shape index (κ3) is 3.76. The van der Waals surface area contributed by atoms with Crippen molar-refractivity contribution < 1.29 is 9.90 Å². The molecule has 1 N–H and O–H groups in total. The lowest BCUT2D eigenvalue weighted by molar-refractivity contribution is 0.0488. The van der Waals surface area contributed by atoms with E-state index in [2.05, 4.69) is 4.90 Å². The number of hydrogen-bond donors (Lipinski definition) is 1. The number of carbonyl (C=O) groups is 1. The quantitative estimate of drug-likeness (QED) is 0.923. The molecule has 1 aromatic rings. The second-order valence-electron chi connectivity index (χ2n) is 6.00. The number of benzene rings is 1. The number of nitrogens with zero attached hydrogens (tertiary/aromatic N) is 2. The van der Waals surface area contributed by atoms with E-state index in [0.29, 0.717) is 16.5 Å². The summed E-state index contributed by atoms with van der Waals surface area (Å²) in [5.41, 5.74) is 0.686. The Bertz CT molecular complexity index is 494. The fourth-order valence-electron chi connectivity index (χ4n) is 2.80. The van der Waals surface area contributed by atoms with Crippen LogP contribution in [0.1, 0.15) is 23.2 Å². The number of halogens is 1. The summed E-state index contributed by atoms with van der Waals surface area (Å²) in [4.78, 5) is 16.5. The molecular weight excluding hydrogens is 288 g/mol. The molecular formula is C16H21ClN2O2. The standard InChI is InChI=1S/C16H21ClN2O2/c17-14-5-3-13(4-6-14)16(21)19-9-7-18(8-10-19)11-15(20)12-1-2-12/h3-6,12,15,20H,1-2,7-11H2/t15-/m0/s1. The first-order valence-electron chi connectivity index (χ1n) is 7.59. The molecule has 0 aromatic heterocycles. The number of carbonyl (C=O) groups excluding carboxylic acids is 1. The van der Waals surface area contributed by atoms with Gasteiger partial charge in [0.25, 0.3) is 5.91 Å².